The van der Waals surface area contributed by atoms with E-state index in [0.717, 1.165) is 5.56 Å². The number of rotatable bonds is 2. The smallest absolute Gasteiger partial charge is 0.00926 e. The average molecular weight is 279 g/mol. The standard InChI is InChI=1S/C22H15/c1-2-7-17(8-3-1)18-13-15-20(16-14-18)22-12-6-10-19-9-4-5-11-21(19)22/h1-15H. The van der Waals surface area contributed by atoms with Crippen LogP contribution in [-0.4, -0.2) is 0 Å². The first-order valence-corrected chi connectivity index (χ1v) is 7.47. The summed E-state index contributed by atoms with van der Waals surface area (Å²) in [5, 5.41) is 2.54. The van der Waals surface area contributed by atoms with Gasteiger partial charge >= 0.3 is 0 Å². The monoisotopic (exact) mass is 279 g/mol. The number of benzene rings is 4. The van der Waals surface area contributed by atoms with Crippen molar-refractivity contribution < 1.29 is 0 Å². The molecular weight excluding hydrogens is 264 g/mol. The van der Waals surface area contributed by atoms with Gasteiger partial charge in [-0.3, -0.25) is 0 Å². The predicted octanol–water partition coefficient (Wildman–Crippen LogP) is 5.97. The highest BCUT2D eigenvalue weighted by Gasteiger charge is 2.04. The first kappa shape index (κ1) is 12.8. The zero-order chi connectivity index (χ0) is 14.8. The summed E-state index contributed by atoms with van der Waals surface area (Å²) in [7, 11) is 0. The van der Waals surface area contributed by atoms with Crippen molar-refractivity contribution >= 4 is 10.8 Å². The van der Waals surface area contributed by atoms with Gasteiger partial charge in [0.1, 0.15) is 0 Å². The van der Waals surface area contributed by atoms with Gasteiger partial charge in [-0.15, -0.1) is 0 Å². The Bertz CT molecular complexity index is 898. The van der Waals surface area contributed by atoms with Crippen LogP contribution in [0.25, 0.3) is 33.0 Å². The minimum absolute atomic E-state index is 1.14. The summed E-state index contributed by atoms with van der Waals surface area (Å²) in [6.07, 6.45) is 0. The lowest BCUT2D eigenvalue weighted by Crippen LogP contribution is -1.83. The van der Waals surface area contributed by atoms with E-state index in [1.54, 1.807) is 0 Å². The van der Waals surface area contributed by atoms with E-state index in [-0.39, 0.29) is 0 Å². The maximum Gasteiger partial charge on any atom is -0.00926 e. The third kappa shape index (κ3) is 2.29. The maximum absolute atomic E-state index is 3.44. The van der Waals surface area contributed by atoms with E-state index in [9.17, 15) is 0 Å². The van der Waals surface area contributed by atoms with Gasteiger partial charge in [-0.1, -0.05) is 84.9 Å². The van der Waals surface area contributed by atoms with Crippen molar-refractivity contribution in [2.75, 3.05) is 0 Å². The summed E-state index contributed by atoms with van der Waals surface area (Å²) in [5.74, 6) is 0. The summed E-state index contributed by atoms with van der Waals surface area (Å²) < 4.78 is 0. The topological polar surface area (TPSA) is 0 Å². The Morgan fingerprint density at radius 2 is 1.32 bits per heavy atom. The molecule has 0 aliphatic carbocycles. The minimum Gasteiger partial charge on any atom is -0.0622 e. The van der Waals surface area contributed by atoms with Crippen LogP contribution in [0.5, 0.6) is 0 Å². The van der Waals surface area contributed by atoms with Crippen molar-refractivity contribution in [1.29, 1.82) is 0 Å². The summed E-state index contributed by atoms with van der Waals surface area (Å²) >= 11 is 0. The molecule has 0 aliphatic heterocycles. The Morgan fingerprint density at radius 3 is 2.14 bits per heavy atom. The van der Waals surface area contributed by atoms with Crippen LogP contribution < -0.4 is 0 Å². The third-order valence-electron chi connectivity index (χ3n) is 4.00. The first-order valence-electron chi connectivity index (χ1n) is 7.47. The normalized spacial score (nSPS) is 10.7. The summed E-state index contributed by atoms with van der Waals surface area (Å²) in [5.41, 5.74) is 4.79. The van der Waals surface area contributed by atoms with Gasteiger partial charge in [0.2, 0.25) is 0 Å². The van der Waals surface area contributed by atoms with Gasteiger partial charge < -0.3 is 0 Å². The van der Waals surface area contributed by atoms with Crippen molar-refractivity contribution in [3.05, 3.63) is 97.1 Å². The lowest BCUT2D eigenvalue weighted by atomic mass is 9.96. The van der Waals surface area contributed by atoms with Gasteiger partial charge in [-0.25, -0.2) is 0 Å². The molecule has 0 N–H and O–H groups in total. The molecule has 0 amide bonds. The second-order valence-corrected chi connectivity index (χ2v) is 5.38. The first-order chi connectivity index (χ1) is 10.9. The number of fused-ring (bicyclic) bond motifs is 1. The van der Waals surface area contributed by atoms with Gasteiger partial charge in [-0.2, -0.15) is 0 Å². The zero-order valence-corrected chi connectivity index (χ0v) is 12.2. The highest BCUT2D eigenvalue weighted by Crippen LogP contribution is 2.29. The van der Waals surface area contributed by atoms with Gasteiger partial charge in [0, 0.05) is 0 Å². The Balaban J connectivity index is 1.80. The van der Waals surface area contributed by atoms with E-state index in [0.29, 0.717) is 0 Å². The molecule has 0 spiro atoms. The number of hydrogen-bond donors (Lipinski definition) is 0. The highest BCUT2D eigenvalue weighted by atomic mass is 14.1. The van der Waals surface area contributed by atoms with Crippen molar-refractivity contribution in [2.45, 2.75) is 0 Å². The summed E-state index contributed by atoms with van der Waals surface area (Å²) in [6.45, 7) is 0. The fraction of sp³-hybridized carbons (Fsp3) is 0. The molecular formula is C22H15. The lowest BCUT2D eigenvalue weighted by Gasteiger charge is -2.08. The molecule has 4 aromatic carbocycles. The lowest BCUT2D eigenvalue weighted by molar-refractivity contribution is 1.60. The fourth-order valence-corrected chi connectivity index (χ4v) is 2.86. The van der Waals surface area contributed by atoms with Crippen LogP contribution in [0.1, 0.15) is 0 Å². The molecule has 0 heteroatoms. The molecule has 0 unspecified atom stereocenters. The Hall–Kier alpha value is -2.86. The van der Waals surface area contributed by atoms with E-state index in [4.69, 9.17) is 0 Å². The van der Waals surface area contributed by atoms with Crippen LogP contribution in [-0.2, 0) is 0 Å². The molecule has 0 aromatic heterocycles. The van der Waals surface area contributed by atoms with Crippen LogP contribution >= 0.6 is 0 Å². The average Bonchev–Trinajstić information content (AvgIpc) is 2.62. The van der Waals surface area contributed by atoms with Crippen LogP contribution in [0.3, 0.4) is 0 Å². The second-order valence-electron chi connectivity index (χ2n) is 5.38. The minimum atomic E-state index is 1.14. The van der Waals surface area contributed by atoms with Crippen molar-refractivity contribution in [1.82, 2.24) is 0 Å². The summed E-state index contributed by atoms with van der Waals surface area (Å²) in [4.78, 5) is 0. The van der Waals surface area contributed by atoms with Gasteiger partial charge in [0.25, 0.3) is 0 Å². The van der Waals surface area contributed by atoms with E-state index in [1.807, 2.05) is 6.07 Å². The van der Waals surface area contributed by atoms with Gasteiger partial charge in [0.05, 0.1) is 0 Å². The fourth-order valence-electron chi connectivity index (χ4n) is 2.86. The van der Waals surface area contributed by atoms with Crippen LogP contribution in [0.15, 0.2) is 91.0 Å². The number of hydrogen-bond acceptors (Lipinski definition) is 0. The molecule has 0 bridgehead atoms. The molecule has 0 heterocycles. The molecule has 103 valence electrons. The maximum atomic E-state index is 3.44. The van der Waals surface area contributed by atoms with Crippen molar-refractivity contribution in [3.8, 4) is 22.3 Å². The van der Waals surface area contributed by atoms with Crippen LogP contribution in [0.4, 0.5) is 0 Å². The van der Waals surface area contributed by atoms with Crippen molar-refractivity contribution in [3.63, 3.8) is 0 Å². The third-order valence-corrected chi connectivity index (χ3v) is 4.00. The van der Waals surface area contributed by atoms with Gasteiger partial charge in [-0.05, 0) is 45.2 Å². The van der Waals surface area contributed by atoms with Crippen LogP contribution in [0, 0.1) is 6.07 Å². The molecule has 0 nitrogen and oxygen atoms in total. The largest absolute Gasteiger partial charge is 0.0622 e. The molecule has 0 saturated heterocycles. The molecule has 0 atom stereocenters. The molecule has 0 fully saturated rings. The van der Waals surface area contributed by atoms with Crippen molar-refractivity contribution in [2.24, 2.45) is 0 Å². The molecule has 0 aliphatic rings. The SMILES string of the molecule is [c]1cc(-c2ccccc2)ccc1-c1cccc2ccccc12. The van der Waals surface area contributed by atoms with Gasteiger partial charge in [0.15, 0.2) is 0 Å². The second kappa shape index (κ2) is 5.50. The zero-order valence-electron chi connectivity index (χ0n) is 12.2. The molecule has 4 rings (SSSR count). The highest BCUT2D eigenvalue weighted by molar-refractivity contribution is 5.96. The molecule has 22 heavy (non-hydrogen) atoms. The molecule has 4 aromatic rings. The molecule has 0 saturated carbocycles. The van der Waals surface area contributed by atoms with Crippen LogP contribution in [0.2, 0.25) is 0 Å². The molecule has 1 radical (unpaired) electrons. The quantitative estimate of drug-likeness (QED) is 0.424. The van der Waals surface area contributed by atoms with E-state index in [2.05, 4.69) is 91.0 Å². The predicted molar refractivity (Wildman–Crippen MR) is 93.7 cm³/mol. The Kier molecular flexibility index (Phi) is 3.21. The van der Waals surface area contributed by atoms with E-state index in [1.165, 1.54) is 27.5 Å². The Labute approximate surface area is 130 Å². The van der Waals surface area contributed by atoms with E-state index < -0.39 is 0 Å². The van der Waals surface area contributed by atoms with E-state index >= 15 is 0 Å². The summed E-state index contributed by atoms with van der Waals surface area (Å²) in [6, 6.07) is 35.2. The Morgan fingerprint density at radius 1 is 0.545 bits per heavy atom.